The largest absolute Gasteiger partial charge is 0.489 e. The Morgan fingerprint density at radius 1 is 1.50 bits per heavy atom. The Balaban J connectivity index is 1.81. The summed E-state index contributed by atoms with van der Waals surface area (Å²) >= 11 is 7.39. The Morgan fingerprint density at radius 2 is 2.30 bits per heavy atom. The van der Waals surface area contributed by atoms with Gasteiger partial charge in [-0.05, 0) is 35.0 Å². The molecule has 1 N–H and O–H groups in total. The Hall–Kier alpha value is -1.31. The first-order chi connectivity index (χ1) is 9.56. The molecule has 0 aliphatic carbocycles. The second-order valence-electron chi connectivity index (χ2n) is 4.29. The number of ether oxygens (including phenoxy) is 1. The molecular weight excluding hydrogens is 300 g/mol. The van der Waals surface area contributed by atoms with Crippen molar-refractivity contribution in [1.82, 2.24) is 20.2 Å². The maximum Gasteiger partial charge on any atom is 0.209 e. The van der Waals surface area contributed by atoms with Gasteiger partial charge in [-0.1, -0.05) is 29.4 Å². The molecule has 0 aliphatic heterocycles. The molecule has 1 atom stereocenters. The zero-order valence-electron chi connectivity index (χ0n) is 11.2. The highest BCUT2D eigenvalue weighted by atomic mass is 35.5. The summed E-state index contributed by atoms with van der Waals surface area (Å²) in [6, 6.07) is 5.52. The van der Waals surface area contributed by atoms with E-state index in [2.05, 4.69) is 15.5 Å². The van der Waals surface area contributed by atoms with Crippen molar-refractivity contribution in [1.29, 1.82) is 0 Å². The van der Waals surface area contributed by atoms with Crippen molar-refractivity contribution in [2.75, 3.05) is 12.4 Å². The average Bonchev–Trinajstić information content (AvgIpc) is 2.83. The normalized spacial score (nSPS) is 12.4. The van der Waals surface area contributed by atoms with Crippen LogP contribution in [0.25, 0.3) is 0 Å². The second kappa shape index (κ2) is 6.92. The standard InChI is InChI=1S/C12H15ClN4O2S/c1-8-3-4-10(13)11(5-8)19-6-9(18)7-20-12-14-15-16-17(12)2/h3-5,9,18H,6-7H2,1-2H3/t9-/m1/s1. The molecule has 2 rings (SSSR count). The highest BCUT2D eigenvalue weighted by Crippen LogP contribution is 2.25. The van der Waals surface area contributed by atoms with Crippen molar-refractivity contribution in [3.63, 3.8) is 0 Å². The molecule has 1 aromatic heterocycles. The number of benzene rings is 1. The Bertz CT molecular complexity index is 578. The molecule has 2 aromatic rings. The van der Waals surface area contributed by atoms with Gasteiger partial charge in [-0.15, -0.1) is 5.10 Å². The number of hydrogen-bond acceptors (Lipinski definition) is 6. The summed E-state index contributed by atoms with van der Waals surface area (Å²) in [5.74, 6) is 1.02. The van der Waals surface area contributed by atoms with E-state index in [0.717, 1.165) is 5.56 Å². The number of rotatable bonds is 6. The van der Waals surface area contributed by atoms with Crippen molar-refractivity contribution in [3.05, 3.63) is 28.8 Å². The van der Waals surface area contributed by atoms with E-state index in [1.807, 2.05) is 19.1 Å². The summed E-state index contributed by atoms with van der Waals surface area (Å²) in [5, 5.41) is 22.1. The van der Waals surface area contributed by atoms with Crippen LogP contribution in [-0.2, 0) is 7.05 Å². The van der Waals surface area contributed by atoms with Gasteiger partial charge in [0.15, 0.2) is 0 Å². The minimum atomic E-state index is -0.631. The van der Waals surface area contributed by atoms with Crippen molar-refractivity contribution < 1.29 is 9.84 Å². The van der Waals surface area contributed by atoms with E-state index < -0.39 is 6.10 Å². The van der Waals surface area contributed by atoms with Gasteiger partial charge in [-0.25, -0.2) is 4.68 Å². The topological polar surface area (TPSA) is 73.1 Å². The molecule has 0 saturated carbocycles. The minimum Gasteiger partial charge on any atom is -0.489 e. The molecule has 1 aromatic carbocycles. The highest BCUT2D eigenvalue weighted by Gasteiger charge is 2.11. The van der Waals surface area contributed by atoms with Gasteiger partial charge >= 0.3 is 0 Å². The third-order valence-corrected chi connectivity index (χ3v) is 3.97. The Labute approximate surface area is 126 Å². The van der Waals surface area contributed by atoms with Gasteiger partial charge in [0.25, 0.3) is 0 Å². The fourth-order valence-electron chi connectivity index (χ4n) is 1.47. The van der Waals surface area contributed by atoms with E-state index in [1.165, 1.54) is 11.8 Å². The van der Waals surface area contributed by atoms with Crippen LogP contribution in [0.1, 0.15) is 5.56 Å². The number of nitrogens with zero attached hydrogens (tertiary/aromatic N) is 4. The van der Waals surface area contributed by atoms with Gasteiger partial charge in [0.1, 0.15) is 12.4 Å². The predicted octanol–water partition coefficient (Wildman–Crippen LogP) is 1.70. The van der Waals surface area contributed by atoms with Gasteiger partial charge in [-0.3, -0.25) is 0 Å². The summed E-state index contributed by atoms with van der Waals surface area (Å²) in [4.78, 5) is 0. The van der Waals surface area contributed by atoms with Crippen molar-refractivity contribution in [2.45, 2.75) is 18.2 Å². The molecule has 108 valence electrons. The monoisotopic (exact) mass is 314 g/mol. The minimum absolute atomic E-state index is 0.168. The summed E-state index contributed by atoms with van der Waals surface area (Å²) in [6.07, 6.45) is -0.631. The lowest BCUT2D eigenvalue weighted by molar-refractivity contribution is 0.126. The average molecular weight is 315 g/mol. The fourth-order valence-corrected chi connectivity index (χ4v) is 2.40. The Morgan fingerprint density at radius 3 is 3.00 bits per heavy atom. The number of aliphatic hydroxyl groups is 1. The van der Waals surface area contributed by atoms with Crippen LogP contribution >= 0.6 is 23.4 Å². The molecular formula is C12H15ClN4O2S. The SMILES string of the molecule is Cc1ccc(Cl)c(OC[C@@H](O)CSc2nnnn2C)c1. The van der Waals surface area contributed by atoms with Crippen LogP contribution in [0.15, 0.2) is 23.4 Å². The predicted molar refractivity (Wildman–Crippen MR) is 77.2 cm³/mol. The van der Waals surface area contributed by atoms with Gasteiger partial charge in [-0.2, -0.15) is 0 Å². The van der Waals surface area contributed by atoms with Crippen molar-refractivity contribution >= 4 is 23.4 Å². The van der Waals surface area contributed by atoms with Crippen molar-refractivity contribution in [3.8, 4) is 5.75 Å². The molecule has 0 aliphatic rings. The van der Waals surface area contributed by atoms with Gasteiger partial charge in [0.05, 0.1) is 11.1 Å². The first-order valence-electron chi connectivity index (χ1n) is 5.98. The van der Waals surface area contributed by atoms with Gasteiger partial charge < -0.3 is 9.84 Å². The van der Waals surface area contributed by atoms with E-state index in [9.17, 15) is 5.11 Å². The molecule has 0 bridgehead atoms. The summed E-state index contributed by atoms with van der Waals surface area (Å²) in [5.41, 5.74) is 1.05. The van der Waals surface area contributed by atoms with Crippen LogP contribution < -0.4 is 4.74 Å². The van der Waals surface area contributed by atoms with Crippen molar-refractivity contribution in [2.24, 2.45) is 7.05 Å². The molecule has 0 saturated heterocycles. The smallest absolute Gasteiger partial charge is 0.209 e. The number of aromatic nitrogens is 4. The third kappa shape index (κ3) is 4.09. The first-order valence-corrected chi connectivity index (χ1v) is 7.35. The first kappa shape index (κ1) is 15.1. The molecule has 0 spiro atoms. The maximum absolute atomic E-state index is 9.89. The summed E-state index contributed by atoms with van der Waals surface area (Å²) in [6.45, 7) is 2.12. The molecule has 0 amide bonds. The number of aryl methyl sites for hydroxylation is 2. The molecule has 0 fully saturated rings. The lowest BCUT2D eigenvalue weighted by atomic mass is 10.2. The third-order valence-electron chi connectivity index (χ3n) is 2.50. The molecule has 1 heterocycles. The second-order valence-corrected chi connectivity index (χ2v) is 5.69. The zero-order chi connectivity index (χ0) is 14.5. The molecule has 6 nitrogen and oxygen atoms in total. The van der Waals surface area contributed by atoms with Gasteiger partial charge in [0, 0.05) is 12.8 Å². The van der Waals surface area contributed by atoms with Crippen LogP contribution in [-0.4, -0.2) is 43.8 Å². The van der Waals surface area contributed by atoms with Crippen LogP contribution in [0.2, 0.25) is 5.02 Å². The zero-order valence-corrected chi connectivity index (χ0v) is 12.7. The molecule has 8 heteroatoms. The number of aliphatic hydroxyl groups excluding tert-OH is 1. The molecule has 20 heavy (non-hydrogen) atoms. The quantitative estimate of drug-likeness (QED) is 0.818. The van der Waals surface area contributed by atoms with E-state index >= 15 is 0 Å². The van der Waals surface area contributed by atoms with Crippen LogP contribution in [0.3, 0.4) is 0 Å². The summed E-state index contributed by atoms with van der Waals surface area (Å²) < 4.78 is 7.08. The van der Waals surface area contributed by atoms with Crippen LogP contribution in [0.5, 0.6) is 5.75 Å². The number of halogens is 1. The van der Waals surface area contributed by atoms with E-state index in [-0.39, 0.29) is 6.61 Å². The summed E-state index contributed by atoms with van der Waals surface area (Å²) in [7, 11) is 1.75. The van der Waals surface area contributed by atoms with Gasteiger partial charge in [0.2, 0.25) is 5.16 Å². The van der Waals surface area contributed by atoms with Crippen LogP contribution in [0.4, 0.5) is 0 Å². The van der Waals surface area contributed by atoms with E-state index in [1.54, 1.807) is 17.8 Å². The highest BCUT2D eigenvalue weighted by molar-refractivity contribution is 7.99. The Kier molecular flexibility index (Phi) is 5.22. The maximum atomic E-state index is 9.89. The van der Waals surface area contributed by atoms with E-state index in [0.29, 0.717) is 21.7 Å². The fraction of sp³-hybridized carbons (Fsp3) is 0.417. The molecule has 0 radical (unpaired) electrons. The number of tetrazole rings is 1. The van der Waals surface area contributed by atoms with E-state index in [4.69, 9.17) is 16.3 Å². The number of thioether (sulfide) groups is 1. The number of hydrogen-bond donors (Lipinski definition) is 1. The lowest BCUT2D eigenvalue weighted by Gasteiger charge is -2.13. The van der Waals surface area contributed by atoms with Crippen LogP contribution in [0, 0.1) is 6.92 Å². The lowest BCUT2D eigenvalue weighted by Crippen LogP contribution is -2.20. The molecule has 0 unspecified atom stereocenters.